The summed E-state index contributed by atoms with van der Waals surface area (Å²) >= 11 is 0. The zero-order valence-corrected chi connectivity index (χ0v) is 49.3. The summed E-state index contributed by atoms with van der Waals surface area (Å²) in [6, 6.07) is 128. The minimum Gasteiger partial charge on any atom is -0.310 e. The van der Waals surface area contributed by atoms with Crippen molar-refractivity contribution in [3.05, 3.63) is 368 Å². The summed E-state index contributed by atoms with van der Waals surface area (Å²) < 4.78 is 0. The molecule has 0 radical (unpaired) electrons. The van der Waals surface area contributed by atoms with E-state index in [-0.39, 0.29) is 6.71 Å². The van der Waals surface area contributed by atoms with Crippen molar-refractivity contribution in [1.82, 2.24) is 0 Å². The Bertz CT molecular complexity index is 4730. The molecular formula is C86H56BN3. The van der Waals surface area contributed by atoms with Crippen LogP contribution in [0.3, 0.4) is 0 Å². The largest absolute Gasteiger partial charge is 0.310 e. The van der Waals surface area contributed by atoms with Crippen molar-refractivity contribution >= 4 is 57.2 Å². The van der Waals surface area contributed by atoms with Crippen molar-refractivity contribution in [2.45, 2.75) is 5.41 Å². The van der Waals surface area contributed by atoms with Gasteiger partial charge in [0.05, 0.1) is 28.4 Å². The number of hydrogen-bond donors (Lipinski definition) is 0. The Labute approximate surface area is 526 Å². The second kappa shape index (κ2) is 21.6. The highest BCUT2D eigenvalue weighted by Gasteiger charge is 2.51. The summed E-state index contributed by atoms with van der Waals surface area (Å²) in [7, 11) is 0. The van der Waals surface area contributed by atoms with Gasteiger partial charge in [-0.25, -0.2) is 0 Å². The third-order valence-electron chi connectivity index (χ3n) is 19.0. The maximum atomic E-state index is 11.0. The molecule has 0 unspecified atom stereocenters. The highest BCUT2D eigenvalue weighted by Crippen LogP contribution is 2.60. The Kier molecular flexibility index (Phi) is 12.6. The first-order valence-corrected chi connectivity index (χ1v) is 31.0. The lowest BCUT2D eigenvalue weighted by Crippen LogP contribution is -2.61. The quantitative estimate of drug-likeness (QED) is 0.128. The Morgan fingerprint density at radius 2 is 0.611 bits per heavy atom. The molecule has 14 aromatic carbocycles. The standard InChI is InChI=1S/C86H56BN3/c88-57-58-26-23-39-67(52-58)86(75-46-21-19-40-73(75)74-41-20-22-47-76(74)86)68-55-81-83-82(56-68)90(85-71(63-35-15-5-16-36-63)44-25-45-72(85)64-37-17-6-18-38-64)80-54-66(60-29-9-2-10-30-60)49-51-78(80)87(83)77-50-48-65(59-27-7-1-8-28-59)53-79(77)89(81)84-69(61-31-11-3-12-32-61)42-24-43-70(84)62-33-13-4-14-34-62/h1-56H. The van der Waals surface area contributed by atoms with Gasteiger partial charge in [0, 0.05) is 45.0 Å². The van der Waals surface area contributed by atoms with E-state index in [1.807, 2.05) is 6.07 Å². The van der Waals surface area contributed by atoms with E-state index in [1.165, 1.54) is 27.5 Å². The van der Waals surface area contributed by atoms with Crippen LogP contribution in [0.25, 0.3) is 77.9 Å². The third kappa shape index (κ3) is 8.28. The van der Waals surface area contributed by atoms with Crippen molar-refractivity contribution in [1.29, 1.82) is 5.26 Å². The first kappa shape index (κ1) is 52.6. The summed E-state index contributed by atoms with van der Waals surface area (Å²) in [6.45, 7) is -0.245. The fourth-order valence-corrected chi connectivity index (χ4v) is 15.1. The van der Waals surface area contributed by atoms with Crippen molar-refractivity contribution in [3.8, 4) is 84.0 Å². The summed E-state index contributed by atoms with van der Waals surface area (Å²) in [5.41, 5.74) is 30.0. The van der Waals surface area contributed by atoms with E-state index in [1.54, 1.807) is 0 Å². The fraction of sp³-hybridized carbons (Fsp3) is 0.0116. The third-order valence-corrected chi connectivity index (χ3v) is 19.0. The van der Waals surface area contributed by atoms with Gasteiger partial charge in [-0.3, -0.25) is 0 Å². The Morgan fingerprint density at radius 1 is 0.267 bits per heavy atom. The molecule has 418 valence electrons. The zero-order valence-electron chi connectivity index (χ0n) is 49.3. The molecule has 0 saturated carbocycles. The summed E-state index contributed by atoms with van der Waals surface area (Å²) in [5.74, 6) is 0. The molecule has 0 bridgehead atoms. The minimum atomic E-state index is -0.931. The van der Waals surface area contributed by atoms with Crippen LogP contribution in [0.1, 0.15) is 27.8 Å². The molecule has 0 atom stereocenters. The van der Waals surface area contributed by atoms with Gasteiger partial charge in [-0.2, -0.15) is 5.26 Å². The molecule has 14 aromatic rings. The van der Waals surface area contributed by atoms with E-state index in [0.29, 0.717) is 5.56 Å². The molecule has 17 rings (SSSR count). The first-order chi connectivity index (χ1) is 44.6. The van der Waals surface area contributed by atoms with Gasteiger partial charge in [-0.05, 0) is 131 Å². The average molecular weight is 1140 g/mol. The number of nitrogens with zero attached hydrogens (tertiary/aromatic N) is 3. The lowest BCUT2D eigenvalue weighted by molar-refractivity contribution is 0.768. The summed E-state index contributed by atoms with van der Waals surface area (Å²) in [5, 5.41) is 11.0. The number of para-hydroxylation sites is 2. The van der Waals surface area contributed by atoms with Gasteiger partial charge >= 0.3 is 0 Å². The van der Waals surface area contributed by atoms with E-state index in [2.05, 4.69) is 350 Å². The molecule has 4 heteroatoms. The molecule has 0 fully saturated rings. The van der Waals surface area contributed by atoms with E-state index in [4.69, 9.17) is 0 Å². The normalized spacial score (nSPS) is 12.9. The Hall–Kier alpha value is -11.8. The lowest BCUT2D eigenvalue weighted by atomic mass is 9.33. The smallest absolute Gasteiger partial charge is 0.252 e. The van der Waals surface area contributed by atoms with Gasteiger partial charge in [0.1, 0.15) is 0 Å². The van der Waals surface area contributed by atoms with Crippen LogP contribution in [0.4, 0.5) is 34.1 Å². The monoisotopic (exact) mass is 1140 g/mol. The topological polar surface area (TPSA) is 30.3 Å². The SMILES string of the molecule is N#Cc1cccc(C2(c3cc4c5c(c3)N(c3c(-c6ccccc6)cccc3-c3ccccc3)c3cc(-c6ccccc6)ccc3B5c3ccc(-c5ccccc5)cc3N4c3c(-c4ccccc4)cccc3-c3ccccc3)c3ccccc3-c3ccccc32)c1. The molecule has 90 heavy (non-hydrogen) atoms. The molecule has 0 saturated heterocycles. The number of rotatable bonds is 10. The summed E-state index contributed by atoms with van der Waals surface area (Å²) in [6.07, 6.45) is 0. The van der Waals surface area contributed by atoms with Gasteiger partial charge in [0.2, 0.25) is 0 Å². The minimum absolute atomic E-state index is 0.245. The fourth-order valence-electron chi connectivity index (χ4n) is 15.1. The molecule has 0 aromatic heterocycles. The van der Waals surface area contributed by atoms with E-state index in [0.717, 1.165) is 123 Å². The van der Waals surface area contributed by atoms with Crippen LogP contribution in [-0.4, -0.2) is 6.71 Å². The molecule has 1 aliphatic carbocycles. The van der Waals surface area contributed by atoms with Crippen molar-refractivity contribution in [2.24, 2.45) is 0 Å². The number of benzene rings is 14. The Balaban J connectivity index is 1.11. The second-order valence-corrected chi connectivity index (χ2v) is 23.7. The number of nitriles is 1. The second-order valence-electron chi connectivity index (χ2n) is 23.7. The highest BCUT2D eigenvalue weighted by atomic mass is 15.2. The zero-order chi connectivity index (χ0) is 59.7. The molecular weight excluding hydrogens is 1090 g/mol. The highest BCUT2D eigenvalue weighted by molar-refractivity contribution is 7.00. The van der Waals surface area contributed by atoms with Crippen LogP contribution in [0.5, 0.6) is 0 Å². The van der Waals surface area contributed by atoms with E-state index < -0.39 is 5.41 Å². The lowest BCUT2D eigenvalue weighted by Gasteiger charge is -2.47. The number of fused-ring (bicyclic) bond motifs is 7. The van der Waals surface area contributed by atoms with Gasteiger partial charge in [0.15, 0.2) is 0 Å². The van der Waals surface area contributed by atoms with Crippen molar-refractivity contribution in [3.63, 3.8) is 0 Å². The molecule has 2 heterocycles. The Morgan fingerprint density at radius 3 is 1.00 bits per heavy atom. The predicted octanol–water partition coefficient (Wildman–Crippen LogP) is 20.0. The summed E-state index contributed by atoms with van der Waals surface area (Å²) in [4.78, 5) is 5.31. The maximum Gasteiger partial charge on any atom is 0.252 e. The maximum absolute atomic E-state index is 11.0. The van der Waals surface area contributed by atoms with Crippen molar-refractivity contribution < 1.29 is 0 Å². The van der Waals surface area contributed by atoms with E-state index in [9.17, 15) is 5.26 Å². The first-order valence-electron chi connectivity index (χ1n) is 31.0. The molecule has 3 aliphatic rings. The van der Waals surface area contributed by atoms with Crippen LogP contribution in [0, 0.1) is 11.3 Å². The van der Waals surface area contributed by atoms with Crippen molar-refractivity contribution in [2.75, 3.05) is 9.80 Å². The number of anilines is 6. The molecule has 2 aliphatic heterocycles. The van der Waals surface area contributed by atoms with Gasteiger partial charge in [-0.1, -0.05) is 303 Å². The van der Waals surface area contributed by atoms with Crippen LogP contribution in [-0.2, 0) is 5.41 Å². The molecule has 0 amide bonds. The number of hydrogen-bond acceptors (Lipinski definition) is 3. The average Bonchev–Trinajstić information content (AvgIpc) is 1.19. The van der Waals surface area contributed by atoms with Crippen LogP contribution in [0.2, 0.25) is 0 Å². The van der Waals surface area contributed by atoms with Gasteiger partial charge in [0.25, 0.3) is 6.71 Å². The molecule has 0 N–H and O–H groups in total. The van der Waals surface area contributed by atoms with Crippen LogP contribution >= 0.6 is 0 Å². The van der Waals surface area contributed by atoms with Crippen LogP contribution < -0.4 is 26.2 Å². The van der Waals surface area contributed by atoms with Crippen LogP contribution in [0.15, 0.2) is 340 Å². The molecule has 0 spiro atoms. The predicted molar refractivity (Wildman–Crippen MR) is 375 cm³/mol. The van der Waals surface area contributed by atoms with Gasteiger partial charge < -0.3 is 9.80 Å². The molecule has 3 nitrogen and oxygen atoms in total. The van der Waals surface area contributed by atoms with E-state index >= 15 is 0 Å². The van der Waals surface area contributed by atoms with Gasteiger partial charge in [-0.15, -0.1) is 0 Å².